The lowest BCUT2D eigenvalue weighted by molar-refractivity contribution is -0.145. The van der Waals surface area contributed by atoms with Crippen LogP contribution in [0.4, 0.5) is 0 Å². The smallest absolute Gasteiger partial charge is 0.319 e. The normalized spacial score (nSPS) is 11.4. The van der Waals surface area contributed by atoms with Crippen LogP contribution in [0, 0.1) is 5.41 Å². The van der Waals surface area contributed by atoms with E-state index in [9.17, 15) is 9.59 Å². The molecule has 0 unspecified atom stereocenters. The summed E-state index contributed by atoms with van der Waals surface area (Å²) < 4.78 is 9.19. The monoisotopic (exact) mass is 245 g/mol. The zero-order valence-electron chi connectivity index (χ0n) is 11.4. The molecule has 100 valence electrons. The average Bonchev–Trinajstić information content (AvgIpc) is 2.24. The SMILES string of the molecule is COC(=O)CN(CCC(C)(C)C)CC(=O)OC. The molecule has 0 aliphatic heterocycles. The van der Waals surface area contributed by atoms with Gasteiger partial charge < -0.3 is 9.47 Å². The third kappa shape index (κ3) is 8.68. The van der Waals surface area contributed by atoms with Gasteiger partial charge in [-0.2, -0.15) is 0 Å². The second kappa shape index (κ2) is 7.27. The van der Waals surface area contributed by atoms with Gasteiger partial charge in [-0.1, -0.05) is 20.8 Å². The Morgan fingerprint density at radius 2 is 1.41 bits per heavy atom. The molecule has 0 heterocycles. The van der Waals surface area contributed by atoms with E-state index >= 15 is 0 Å². The summed E-state index contributed by atoms with van der Waals surface area (Å²) in [6.45, 7) is 7.22. The molecular weight excluding hydrogens is 222 g/mol. The van der Waals surface area contributed by atoms with Gasteiger partial charge in [-0.05, 0) is 18.4 Å². The predicted octanol–water partition coefficient (Wildman–Crippen LogP) is 1.07. The Morgan fingerprint density at radius 1 is 1.00 bits per heavy atom. The molecule has 0 aromatic heterocycles. The molecule has 17 heavy (non-hydrogen) atoms. The lowest BCUT2D eigenvalue weighted by Crippen LogP contribution is -2.37. The van der Waals surface area contributed by atoms with Crippen LogP contribution >= 0.6 is 0 Å². The van der Waals surface area contributed by atoms with Gasteiger partial charge in [0, 0.05) is 0 Å². The summed E-state index contributed by atoms with van der Waals surface area (Å²) in [6, 6.07) is 0. The highest BCUT2D eigenvalue weighted by atomic mass is 16.5. The topological polar surface area (TPSA) is 55.8 Å². The Labute approximate surface area is 103 Å². The van der Waals surface area contributed by atoms with Crippen LogP contribution in [-0.4, -0.2) is 50.7 Å². The molecular formula is C12H23NO4. The van der Waals surface area contributed by atoms with Crippen molar-refractivity contribution in [1.29, 1.82) is 0 Å². The van der Waals surface area contributed by atoms with Gasteiger partial charge in [0.25, 0.3) is 0 Å². The second-order valence-electron chi connectivity index (χ2n) is 5.17. The Balaban J connectivity index is 4.29. The number of nitrogens with zero attached hydrogens (tertiary/aromatic N) is 1. The average molecular weight is 245 g/mol. The van der Waals surface area contributed by atoms with Gasteiger partial charge in [0.2, 0.25) is 0 Å². The molecule has 0 rings (SSSR count). The van der Waals surface area contributed by atoms with Gasteiger partial charge in [-0.15, -0.1) is 0 Å². The summed E-state index contributed by atoms with van der Waals surface area (Å²) in [5.74, 6) is -0.689. The van der Waals surface area contributed by atoms with Crippen molar-refractivity contribution < 1.29 is 19.1 Å². The summed E-state index contributed by atoms with van der Waals surface area (Å²) in [7, 11) is 2.67. The summed E-state index contributed by atoms with van der Waals surface area (Å²) in [5, 5.41) is 0. The second-order valence-corrected chi connectivity index (χ2v) is 5.17. The standard InChI is InChI=1S/C12H23NO4/c1-12(2,3)6-7-13(8-10(14)16-4)9-11(15)17-5/h6-9H2,1-5H3. The van der Waals surface area contributed by atoms with Crippen molar-refractivity contribution in [3.63, 3.8) is 0 Å². The first-order valence-electron chi connectivity index (χ1n) is 5.64. The van der Waals surface area contributed by atoms with Crippen LogP contribution in [-0.2, 0) is 19.1 Å². The Kier molecular flexibility index (Phi) is 6.80. The van der Waals surface area contributed by atoms with Gasteiger partial charge in [0.1, 0.15) is 0 Å². The number of rotatable bonds is 6. The summed E-state index contributed by atoms with van der Waals surface area (Å²) in [6.07, 6.45) is 0.890. The lowest BCUT2D eigenvalue weighted by Gasteiger charge is -2.24. The van der Waals surface area contributed by atoms with E-state index in [4.69, 9.17) is 0 Å². The summed E-state index contributed by atoms with van der Waals surface area (Å²) >= 11 is 0. The third-order valence-electron chi connectivity index (χ3n) is 2.34. The van der Waals surface area contributed by atoms with Crippen molar-refractivity contribution in [2.24, 2.45) is 5.41 Å². The molecule has 0 fully saturated rings. The molecule has 0 aliphatic rings. The van der Waals surface area contributed by atoms with Gasteiger partial charge in [-0.3, -0.25) is 14.5 Å². The highest BCUT2D eigenvalue weighted by Crippen LogP contribution is 2.18. The Bertz CT molecular complexity index is 240. The molecule has 5 heteroatoms. The van der Waals surface area contributed by atoms with Gasteiger partial charge in [-0.25, -0.2) is 0 Å². The van der Waals surface area contributed by atoms with E-state index in [-0.39, 0.29) is 30.4 Å². The largest absolute Gasteiger partial charge is 0.468 e. The first kappa shape index (κ1) is 15.9. The molecule has 0 saturated heterocycles. The predicted molar refractivity (Wildman–Crippen MR) is 64.5 cm³/mol. The molecule has 0 saturated carbocycles. The number of hydrogen-bond donors (Lipinski definition) is 0. The highest BCUT2D eigenvalue weighted by molar-refractivity contribution is 5.74. The quantitative estimate of drug-likeness (QED) is 0.655. The van der Waals surface area contributed by atoms with Crippen LogP contribution in [0.2, 0.25) is 0 Å². The maximum atomic E-state index is 11.2. The van der Waals surface area contributed by atoms with E-state index in [0.717, 1.165) is 6.42 Å². The lowest BCUT2D eigenvalue weighted by atomic mass is 9.92. The molecule has 5 nitrogen and oxygen atoms in total. The molecule has 0 aromatic rings. The van der Waals surface area contributed by atoms with E-state index < -0.39 is 0 Å². The van der Waals surface area contributed by atoms with Crippen molar-refractivity contribution in [1.82, 2.24) is 4.90 Å². The zero-order valence-corrected chi connectivity index (χ0v) is 11.4. The number of esters is 2. The Morgan fingerprint density at radius 3 is 1.71 bits per heavy atom. The molecule has 0 aliphatic carbocycles. The fourth-order valence-corrected chi connectivity index (χ4v) is 1.20. The first-order valence-corrected chi connectivity index (χ1v) is 5.64. The van der Waals surface area contributed by atoms with Crippen molar-refractivity contribution in [3.8, 4) is 0 Å². The van der Waals surface area contributed by atoms with E-state index in [1.165, 1.54) is 14.2 Å². The molecule has 0 bridgehead atoms. The fourth-order valence-electron chi connectivity index (χ4n) is 1.20. The molecule has 0 amide bonds. The van der Waals surface area contributed by atoms with Gasteiger partial charge in [0.05, 0.1) is 27.3 Å². The zero-order chi connectivity index (χ0) is 13.5. The van der Waals surface area contributed by atoms with E-state index in [2.05, 4.69) is 30.2 Å². The molecule has 0 aromatic carbocycles. The van der Waals surface area contributed by atoms with Gasteiger partial charge >= 0.3 is 11.9 Å². The summed E-state index contributed by atoms with van der Waals surface area (Å²) in [5.41, 5.74) is 0.157. The minimum absolute atomic E-state index is 0.113. The number of ether oxygens (including phenoxy) is 2. The van der Waals surface area contributed by atoms with Crippen molar-refractivity contribution >= 4 is 11.9 Å². The molecule has 0 spiro atoms. The highest BCUT2D eigenvalue weighted by Gasteiger charge is 2.18. The van der Waals surface area contributed by atoms with E-state index in [1.807, 2.05) is 0 Å². The van der Waals surface area contributed by atoms with Crippen LogP contribution in [0.25, 0.3) is 0 Å². The first-order chi connectivity index (χ1) is 7.78. The van der Waals surface area contributed by atoms with Crippen LogP contribution in [0.15, 0.2) is 0 Å². The molecule has 0 N–H and O–H groups in total. The minimum Gasteiger partial charge on any atom is -0.468 e. The number of carbonyl (C=O) groups excluding carboxylic acids is 2. The maximum Gasteiger partial charge on any atom is 0.319 e. The van der Waals surface area contributed by atoms with Crippen LogP contribution in [0.3, 0.4) is 0 Å². The van der Waals surface area contributed by atoms with Crippen LogP contribution < -0.4 is 0 Å². The number of hydrogen-bond acceptors (Lipinski definition) is 5. The van der Waals surface area contributed by atoms with Crippen molar-refractivity contribution in [2.75, 3.05) is 33.9 Å². The van der Waals surface area contributed by atoms with Crippen molar-refractivity contribution in [2.45, 2.75) is 27.2 Å². The Hall–Kier alpha value is -1.10. The number of carbonyl (C=O) groups is 2. The van der Waals surface area contributed by atoms with E-state index in [1.54, 1.807) is 4.90 Å². The van der Waals surface area contributed by atoms with Crippen LogP contribution in [0.1, 0.15) is 27.2 Å². The number of methoxy groups -OCH3 is 2. The van der Waals surface area contributed by atoms with Crippen molar-refractivity contribution in [3.05, 3.63) is 0 Å². The maximum absolute atomic E-state index is 11.2. The molecule has 0 radical (unpaired) electrons. The van der Waals surface area contributed by atoms with Crippen LogP contribution in [0.5, 0.6) is 0 Å². The molecule has 0 atom stereocenters. The summed E-state index contributed by atoms with van der Waals surface area (Å²) in [4.78, 5) is 24.1. The van der Waals surface area contributed by atoms with Gasteiger partial charge in [0.15, 0.2) is 0 Å². The fraction of sp³-hybridized carbons (Fsp3) is 0.833. The minimum atomic E-state index is -0.345. The van der Waals surface area contributed by atoms with E-state index in [0.29, 0.717) is 6.54 Å². The third-order valence-corrected chi connectivity index (χ3v) is 2.34.